The number of nitrogens with one attached hydrogen (secondary N) is 1. The second-order valence-corrected chi connectivity index (χ2v) is 11.3. The molecule has 3 N–H and O–H groups in total. The number of hydrogen-bond acceptors (Lipinski definition) is 5. The predicted molar refractivity (Wildman–Crippen MR) is 170 cm³/mol. The van der Waals surface area contributed by atoms with Crippen LogP contribution in [0.25, 0.3) is 10.8 Å². The number of carbonyl (C=O) groups excluding carboxylic acids is 3. The molecule has 3 aromatic carbocycles. The molecule has 4 rings (SSSR count). The Morgan fingerprint density at radius 3 is 2.44 bits per heavy atom. The molecule has 3 atom stereocenters. The smallest absolute Gasteiger partial charge is 0.240 e. The van der Waals surface area contributed by atoms with Crippen LogP contribution in [0.3, 0.4) is 0 Å². The first-order chi connectivity index (χ1) is 21.0. The van der Waals surface area contributed by atoms with E-state index in [2.05, 4.69) is 23.5 Å². The number of nitrogens with two attached hydrogens (primary N) is 1. The van der Waals surface area contributed by atoms with Gasteiger partial charge in [0.15, 0.2) is 0 Å². The van der Waals surface area contributed by atoms with Crippen LogP contribution in [0.5, 0.6) is 5.75 Å². The Labute approximate surface area is 255 Å². The number of primary amides is 1. The summed E-state index contributed by atoms with van der Waals surface area (Å²) in [7, 11) is 0. The largest absolute Gasteiger partial charge is 0.492 e. The Morgan fingerprint density at radius 2 is 1.74 bits per heavy atom. The standard InChI is InChI=1S/C35H46N4O4/c1-3-26(4-2)35(42)38-22-11-17-32(38)39(25-40)33(34(36)41)31(29-19-18-27-12-8-9-13-28(27)24-29)16-10-20-37-21-23-43-30-14-6-5-7-15-30/h5-9,12-15,18-19,24-26,31-33,37H,3-4,10-11,16-17,20-23H2,1-2H3,(H2,36,41). The fourth-order valence-corrected chi connectivity index (χ4v) is 6.34. The average molecular weight is 587 g/mol. The summed E-state index contributed by atoms with van der Waals surface area (Å²) < 4.78 is 5.78. The van der Waals surface area contributed by atoms with E-state index in [1.54, 1.807) is 4.90 Å². The van der Waals surface area contributed by atoms with Crippen LogP contribution in [0.15, 0.2) is 72.8 Å². The summed E-state index contributed by atoms with van der Waals surface area (Å²) in [6, 6.07) is 23.1. The molecule has 1 saturated heterocycles. The Balaban J connectivity index is 1.53. The van der Waals surface area contributed by atoms with Gasteiger partial charge in [0.2, 0.25) is 18.2 Å². The van der Waals surface area contributed by atoms with Crippen molar-refractivity contribution < 1.29 is 19.1 Å². The fourth-order valence-electron chi connectivity index (χ4n) is 6.34. The third-order valence-corrected chi connectivity index (χ3v) is 8.66. The summed E-state index contributed by atoms with van der Waals surface area (Å²) in [5.41, 5.74) is 7.07. The lowest BCUT2D eigenvalue weighted by Gasteiger charge is -2.41. The van der Waals surface area contributed by atoms with Crippen molar-refractivity contribution >= 4 is 29.0 Å². The lowest BCUT2D eigenvalue weighted by Crippen LogP contribution is -2.57. The second kappa shape index (κ2) is 16.1. The number of ether oxygens (including phenoxy) is 1. The number of benzene rings is 3. The van der Waals surface area contributed by atoms with Gasteiger partial charge in [0.25, 0.3) is 0 Å². The van der Waals surface area contributed by atoms with Gasteiger partial charge in [0.1, 0.15) is 24.6 Å². The molecule has 1 fully saturated rings. The molecule has 0 saturated carbocycles. The predicted octanol–water partition coefficient (Wildman–Crippen LogP) is 5.07. The van der Waals surface area contributed by atoms with Gasteiger partial charge < -0.3 is 25.6 Å². The maximum atomic E-state index is 13.5. The van der Waals surface area contributed by atoms with Gasteiger partial charge in [-0.1, -0.05) is 74.5 Å². The van der Waals surface area contributed by atoms with Crippen LogP contribution in [0, 0.1) is 5.92 Å². The second-order valence-electron chi connectivity index (χ2n) is 11.3. The van der Waals surface area contributed by atoms with Gasteiger partial charge in [-0.05, 0) is 73.5 Å². The Bertz CT molecular complexity index is 1330. The summed E-state index contributed by atoms with van der Waals surface area (Å²) in [6.45, 7) is 6.55. The van der Waals surface area contributed by atoms with Gasteiger partial charge in [0, 0.05) is 24.9 Å². The molecule has 3 aromatic rings. The van der Waals surface area contributed by atoms with Crippen LogP contribution >= 0.6 is 0 Å². The van der Waals surface area contributed by atoms with E-state index in [-0.39, 0.29) is 17.7 Å². The summed E-state index contributed by atoms with van der Waals surface area (Å²) >= 11 is 0. The van der Waals surface area contributed by atoms with Crippen molar-refractivity contribution in [1.29, 1.82) is 0 Å². The molecular weight excluding hydrogens is 540 g/mol. The number of carbonyl (C=O) groups is 3. The lowest BCUT2D eigenvalue weighted by atomic mass is 9.84. The highest BCUT2D eigenvalue weighted by Gasteiger charge is 2.42. The van der Waals surface area contributed by atoms with Crippen LogP contribution < -0.4 is 15.8 Å². The Kier molecular flexibility index (Phi) is 12.0. The first-order valence-electron chi connectivity index (χ1n) is 15.7. The molecule has 0 spiro atoms. The van der Waals surface area contributed by atoms with Crippen LogP contribution in [0.1, 0.15) is 63.9 Å². The van der Waals surface area contributed by atoms with Crippen molar-refractivity contribution in [3.05, 3.63) is 78.4 Å². The third kappa shape index (κ3) is 8.14. The Morgan fingerprint density at radius 1 is 1.02 bits per heavy atom. The van der Waals surface area contributed by atoms with Crippen molar-refractivity contribution in [2.45, 2.75) is 70.5 Å². The number of hydrogen-bond donors (Lipinski definition) is 2. The summed E-state index contributed by atoms with van der Waals surface area (Å²) in [5, 5.41) is 5.59. The molecule has 0 aromatic heterocycles. The quantitative estimate of drug-likeness (QED) is 0.170. The van der Waals surface area contributed by atoms with E-state index in [1.807, 2.05) is 68.4 Å². The lowest BCUT2D eigenvalue weighted by molar-refractivity contribution is -0.147. The maximum Gasteiger partial charge on any atom is 0.240 e. The third-order valence-electron chi connectivity index (χ3n) is 8.66. The van der Waals surface area contributed by atoms with E-state index < -0.39 is 18.1 Å². The van der Waals surface area contributed by atoms with Crippen LogP contribution in [-0.4, -0.2) is 66.5 Å². The van der Waals surface area contributed by atoms with Crippen molar-refractivity contribution in [1.82, 2.24) is 15.1 Å². The zero-order valence-electron chi connectivity index (χ0n) is 25.5. The number of likely N-dealkylation sites (tertiary alicyclic amines) is 1. The summed E-state index contributed by atoms with van der Waals surface area (Å²) in [5.74, 6) is -0.111. The van der Waals surface area contributed by atoms with E-state index >= 15 is 0 Å². The zero-order chi connectivity index (χ0) is 30.6. The van der Waals surface area contributed by atoms with Gasteiger partial charge in [0.05, 0.1) is 0 Å². The molecule has 1 aliphatic heterocycles. The normalized spacial score (nSPS) is 16.3. The van der Waals surface area contributed by atoms with E-state index in [9.17, 15) is 14.4 Å². The minimum absolute atomic E-state index is 0.0479. The summed E-state index contributed by atoms with van der Waals surface area (Å²) in [4.78, 5) is 42.8. The highest BCUT2D eigenvalue weighted by atomic mass is 16.5. The zero-order valence-corrected chi connectivity index (χ0v) is 25.5. The van der Waals surface area contributed by atoms with E-state index in [1.165, 1.54) is 4.90 Å². The Hall–Kier alpha value is -3.91. The number of nitrogens with zero attached hydrogens (tertiary/aromatic N) is 2. The van der Waals surface area contributed by atoms with E-state index in [4.69, 9.17) is 10.5 Å². The molecule has 0 aliphatic carbocycles. The molecule has 230 valence electrons. The number of para-hydroxylation sites is 1. The molecule has 1 heterocycles. The molecule has 43 heavy (non-hydrogen) atoms. The van der Waals surface area contributed by atoms with Gasteiger partial charge in [-0.3, -0.25) is 14.4 Å². The molecule has 0 radical (unpaired) electrons. The molecular formula is C35H46N4O4. The first kappa shape index (κ1) is 32.0. The minimum atomic E-state index is -0.889. The van der Waals surface area contributed by atoms with Crippen molar-refractivity contribution in [2.75, 3.05) is 26.2 Å². The van der Waals surface area contributed by atoms with Gasteiger partial charge in [-0.25, -0.2) is 0 Å². The van der Waals surface area contributed by atoms with Crippen LogP contribution in [0.2, 0.25) is 0 Å². The van der Waals surface area contributed by atoms with E-state index in [0.29, 0.717) is 32.5 Å². The number of fused-ring (bicyclic) bond motifs is 1. The maximum absolute atomic E-state index is 13.5. The van der Waals surface area contributed by atoms with E-state index in [0.717, 1.165) is 60.7 Å². The highest BCUT2D eigenvalue weighted by molar-refractivity contribution is 5.86. The first-order valence-corrected chi connectivity index (χ1v) is 15.7. The van der Waals surface area contributed by atoms with Crippen molar-refractivity contribution in [3.8, 4) is 5.75 Å². The molecule has 3 amide bonds. The van der Waals surface area contributed by atoms with Crippen molar-refractivity contribution in [2.24, 2.45) is 11.7 Å². The SMILES string of the molecule is CCC(CC)C(=O)N1CCCC1N(C=O)C(C(N)=O)C(CCCNCCOc1ccccc1)c1ccc2ccccc2c1. The average Bonchev–Trinajstić information content (AvgIpc) is 3.52. The fraction of sp³-hybridized carbons (Fsp3) is 0.457. The topological polar surface area (TPSA) is 105 Å². The monoisotopic (exact) mass is 586 g/mol. The highest BCUT2D eigenvalue weighted by Crippen LogP contribution is 2.34. The van der Waals surface area contributed by atoms with Crippen LogP contribution in [-0.2, 0) is 14.4 Å². The van der Waals surface area contributed by atoms with Gasteiger partial charge >= 0.3 is 0 Å². The van der Waals surface area contributed by atoms with Gasteiger partial charge in [-0.15, -0.1) is 0 Å². The van der Waals surface area contributed by atoms with Crippen molar-refractivity contribution in [3.63, 3.8) is 0 Å². The number of amides is 3. The molecule has 8 nitrogen and oxygen atoms in total. The van der Waals surface area contributed by atoms with Crippen LogP contribution in [0.4, 0.5) is 0 Å². The molecule has 3 unspecified atom stereocenters. The molecule has 8 heteroatoms. The minimum Gasteiger partial charge on any atom is -0.492 e. The molecule has 0 bridgehead atoms. The number of rotatable bonds is 17. The summed E-state index contributed by atoms with van der Waals surface area (Å²) in [6.07, 6.45) is 4.52. The van der Waals surface area contributed by atoms with Gasteiger partial charge in [-0.2, -0.15) is 0 Å². The molecule has 1 aliphatic rings.